The van der Waals surface area contributed by atoms with Gasteiger partial charge in [0.1, 0.15) is 0 Å². The van der Waals surface area contributed by atoms with Gasteiger partial charge in [-0.05, 0) is 34.7 Å². The summed E-state index contributed by atoms with van der Waals surface area (Å²) in [7, 11) is 0. The molecule has 8 heteroatoms. The Kier molecular flexibility index (Phi) is 4.46. The van der Waals surface area contributed by atoms with Crippen LogP contribution in [0, 0.1) is 0 Å². The normalized spacial score (nSPS) is 15.8. The Morgan fingerprint density at radius 3 is 2.50 bits per heavy atom. The molecular formula is C16H17ClN6S. The first-order chi connectivity index (χ1) is 11.8. The third-order valence-electron chi connectivity index (χ3n) is 4.12. The number of halogens is 1. The maximum Gasteiger partial charge on any atom is 0.250 e. The van der Waals surface area contributed by atoms with E-state index in [4.69, 9.17) is 11.6 Å². The maximum atomic E-state index is 6.01. The van der Waals surface area contributed by atoms with Gasteiger partial charge in [-0.1, -0.05) is 34.9 Å². The van der Waals surface area contributed by atoms with Crippen LogP contribution in [-0.2, 0) is 6.54 Å². The summed E-state index contributed by atoms with van der Waals surface area (Å²) in [6.45, 7) is 4.74. The second-order valence-corrected chi connectivity index (χ2v) is 7.49. The lowest BCUT2D eigenvalue weighted by Gasteiger charge is -2.34. The van der Waals surface area contributed by atoms with Crippen molar-refractivity contribution in [2.24, 2.45) is 0 Å². The van der Waals surface area contributed by atoms with Crippen molar-refractivity contribution in [1.82, 2.24) is 25.1 Å². The van der Waals surface area contributed by atoms with E-state index in [1.807, 2.05) is 36.4 Å². The molecule has 0 unspecified atom stereocenters. The summed E-state index contributed by atoms with van der Waals surface area (Å²) in [4.78, 5) is 5.99. The second-order valence-electron chi connectivity index (χ2n) is 5.70. The van der Waals surface area contributed by atoms with E-state index in [9.17, 15) is 0 Å². The molecule has 1 aliphatic rings. The third kappa shape index (κ3) is 3.28. The Hall–Kier alpha value is -1.96. The second kappa shape index (κ2) is 6.88. The number of benzene rings is 1. The zero-order valence-corrected chi connectivity index (χ0v) is 14.6. The molecule has 0 saturated carbocycles. The molecule has 1 aliphatic heterocycles. The van der Waals surface area contributed by atoms with Crippen molar-refractivity contribution in [2.45, 2.75) is 6.54 Å². The van der Waals surface area contributed by atoms with E-state index in [1.54, 1.807) is 16.0 Å². The molecule has 24 heavy (non-hydrogen) atoms. The van der Waals surface area contributed by atoms with Crippen molar-refractivity contribution in [3.8, 4) is 5.69 Å². The molecule has 0 radical (unpaired) electrons. The molecule has 3 heterocycles. The molecule has 0 aliphatic carbocycles. The molecular weight excluding hydrogens is 344 g/mol. The molecule has 0 N–H and O–H groups in total. The van der Waals surface area contributed by atoms with Gasteiger partial charge in [0, 0.05) is 37.6 Å². The summed E-state index contributed by atoms with van der Waals surface area (Å²) >= 11 is 7.66. The van der Waals surface area contributed by atoms with Crippen LogP contribution in [0.4, 0.5) is 5.95 Å². The molecule has 0 atom stereocenters. The number of hydrogen-bond donors (Lipinski definition) is 0. The van der Waals surface area contributed by atoms with Gasteiger partial charge in [-0.2, -0.15) is 4.68 Å². The summed E-state index contributed by atoms with van der Waals surface area (Å²) in [5, 5.41) is 12.2. The lowest BCUT2D eigenvalue weighted by atomic mass is 10.3. The number of para-hydroxylation sites is 1. The highest BCUT2D eigenvalue weighted by molar-refractivity contribution is 7.16. The highest BCUT2D eigenvalue weighted by atomic mass is 35.5. The van der Waals surface area contributed by atoms with Crippen LogP contribution in [0.3, 0.4) is 0 Å². The zero-order chi connectivity index (χ0) is 16.4. The summed E-state index contributed by atoms with van der Waals surface area (Å²) < 4.78 is 2.65. The number of hydrogen-bond acceptors (Lipinski definition) is 6. The fourth-order valence-corrected chi connectivity index (χ4v) is 4.01. The first kappa shape index (κ1) is 15.6. The van der Waals surface area contributed by atoms with Gasteiger partial charge in [-0.25, -0.2) is 0 Å². The van der Waals surface area contributed by atoms with E-state index in [1.165, 1.54) is 4.88 Å². The molecule has 1 aromatic carbocycles. The highest BCUT2D eigenvalue weighted by Crippen LogP contribution is 2.24. The Morgan fingerprint density at radius 1 is 1.00 bits per heavy atom. The Bertz CT molecular complexity index is 794. The molecule has 2 aromatic heterocycles. The first-order valence-corrected chi connectivity index (χ1v) is 9.04. The van der Waals surface area contributed by atoms with Gasteiger partial charge in [-0.15, -0.1) is 11.3 Å². The van der Waals surface area contributed by atoms with Gasteiger partial charge >= 0.3 is 0 Å². The van der Waals surface area contributed by atoms with Crippen LogP contribution >= 0.6 is 22.9 Å². The summed E-state index contributed by atoms with van der Waals surface area (Å²) in [5.41, 5.74) is 0.980. The highest BCUT2D eigenvalue weighted by Gasteiger charge is 2.22. The van der Waals surface area contributed by atoms with Crippen LogP contribution in [0.25, 0.3) is 5.69 Å². The smallest absolute Gasteiger partial charge is 0.250 e. The molecule has 0 amide bonds. The molecule has 3 aromatic rings. The minimum absolute atomic E-state index is 0.806. The SMILES string of the molecule is Clc1ccc(CN2CCN(c3nnnn3-c3ccccc3)CC2)s1. The largest absolute Gasteiger partial charge is 0.337 e. The van der Waals surface area contributed by atoms with Gasteiger partial charge in [-0.3, -0.25) is 4.90 Å². The first-order valence-electron chi connectivity index (χ1n) is 7.85. The molecule has 0 spiro atoms. The van der Waals surface area contributed by atoms with Crippen molar-refractivity contribution >= 4 is 28.9 Å². The molecule has 6 nitrogen and oxygen atoms in total. The number of anilines is 1. The fraction of sp³-hybridized carbons (Fsp3) is 0.312. The average Bonchev–Trinajstić information content (AvgIpc) is 3.26. The summed E-state index contributed by atoms with van der Waals surface area (Å²) in [6, 6.07) is 14.1. The van der Waals surface area contributed by atoms with Gasteiger partial charge < -0.3 is 4.90 Å². The summed E-state index contributed by atoms with van der Waals surface area (Å²) in [5.74, 6) is 0.806. The van der Waals surface area contributed by atoms with E-state index >= 15 is 0 Å². The quantitative estimate of drug-likeness (QED) is 0.716. The standard InChI is InChI=1S/C16H17ClN6S/c17-15-7-6-14(24-15)12-21-8-10-22(11-9-21)16-18-19-20-23(16)13-4-2-1-3-5-13/h1-7H,8-12H2. The van der Waals surface area contributed by atoms with Crippen molar-refractivity contribution < 1.29 is 0 Å². The zero-order valence-electron chi connectivity index (χ0n) is 13.0. The third-order valence-corrected chi connectivity index (χ3v) is 5.33. The molecule has 4 rings (SSSR count). The van der Waals surface area contributed by atoms with Crippen LogP contribution in [0.15, 0.2) is 42.5 Å². The van der Waals surface area contributed by atoms with Gasteiger partial charge in [0.05, 0.1) is 10.0 Å². The number of piperazine rings is 1. The predicted octanol–water partition coefficient (Wildman–Crippen LogP) is 2.70. The minimum atomic E-state index is 0.806. The Labute approximate surface area is 149 Å². The number of aromatic nitrogens is 4. The summed E-state index contributed by atoms with van der Waals surface area (Å²) in [6.07, 6.45) is 0. The van der Waals surface area contributed by atoms with Gasteiger partial charge in [0.2, 0.25) is 5.95 Å². The van der Waals surface area contributed by atoms with E-state index in [0.29, 0.717) is 0 Å². The Balaban J connectivity index is 1.42. The number of thiophene rings is 1. The fourth-order valence-electron chi connectivity index (χ4n) is 2.88. The van der Waals surface area contributed by atoms with E-state index < -0.39 is 0 Å². The Morgan fingerprint density at radius 2 is 1.79 bits per heavy atom. The maximum absolute atomic E-state index is 6.01. The number of rotatable bonds is 4. The van der Waals surface area contributed by atoms with Crippen LogP contribution in [0.1, 0.15) is 4.88 Å². The molecule has 0 bridgehead atoms. The van der Waals surface area contributed by atoms with Crippen molar-refractivity contribution in [2.75, 3.05) is 31.1 Å². The lowest BCUT2D eigenvalue weighted by Crippen LogP contribution is -2.46. The predicted molar refractivity (Wildman–Crippen MR) is 96.0 cm³/mol. The van der Waals surface area contributed by atoms with E-state index in [-0.39, 0.29) is 0 Å². The monoisotopic (exact) mass is 360 g/mol. The van der Waals surface area contributed by atoms with Crippen molar-refractivity contribution in [3.05, 3.63) is 51.7 Å². The molecule has 124 valence electrons. The number of tetrazole rings is 1. The van der Waals surface area contributed by atoms with Gasteiger partial charge in [0.25, 0.3) is 0 Å². The van der Waals surface area contributed by atoms with E-state index in [0.717, 1.165) is 48.7 Å². The van der Waals surface area contributed by atoms with Gasteiger partial charge in [0.15, 0.2) is 0 Å². The van der Waals surface area contributed by atoms with E-state index in [2.05, 4.69) is 31.4 Å². The number of nitrogens with zero attached hydrogens (tertiary/aromatic N) is 6. The minimum Gasteiger partial charge on any atom is -0.337 e. The topological polar surface area (TPSA) is 50.1 Å². The lowest BCUT2D eigenvalue weighted by molar-refractivity contribution is 0.250. The van der Waals surface area contributed by atoms with Crippen molar-refractivity contribution in [3.63, 3.8) is 0 Å². The van der Waals surface area contributed by atoms with Crippen LogP contribution in [0.5, 0.6) is 0 Å². The van der Waals surface area contributed by atoms with Crippen LogP contribution in [0.2, 0.25) is 4.34 Å². The molecule has 1 saturated heterocycles. The van der Waals surface area contributed by atoms with Crippen LogP contribution < -0.4 is 4.90 Å². The van der Waals surface area contributed by atoms with Crippen molar-refractivity contribution in [1.29, 1.82) is 0 Å². The van der Waals surface area contributed by atoms with Crippen LogP contribution in [-0.4, -0.2) is 51.3 Å². The molecule has 1 fully saturated rings. The average molecular weight is 361 g/mol.